The van der Waals surface area contributed by atoms with Crippen molar-refractivity contribution in [1.29, 1.82) is 0 Å². The van der Waals surface area contributed by atoms with Crippen molar-refractivity contribution in [3.63, 3.8) is 0 Å². The molecule has 0 atom stereocenters. The van der Waals surface area contributed by atoms with Gasteiger partial charge in [-0.15, -0.1) is 0 Å². The summed E-state index contributed by atoms with van der Waals surface area (Å²) < 4.78 is 45.4. The average Bonchev–Trinajstić information content (AvgIpc) is 2.99. The summed E-state index contributed by atoms with van der Waals surface area (Å²) in [5.74, 6) is -0.0489. The van der Waals surface area contributed by atoms with E-state index in [4.69, 9.17) is 23.8 Å². The van der Waals surface area contributed by atoms with Crippen LogP contribution in [0.4, 0.5) is 24.7 Å². The van der Waals surface area contributed by atoms with Gasteiger partial charge in [0.25, 0.3) is 0 Å². The number of anilines is 2. The summed E-state index contributed by atoms with van der Waals surface area (Å²) in [5, 5.41) is 10.5. The van der Waals surface area contributed by atoms with Gasteiger partial charge in [-0.25, -0.2) is 4.39 Å². The average molecular weight is 455 g/mol. The van der Waals surface area contributed by atoms with Crippen LogP contribution in [0.2, 0.25) is 5.02 Å². The molecule has 0 fully saturated rings. The predicted octanol–water partition coefficient (Wildman–Crippen LogP) is 5.75. The lowest BCUT2D eigenvalue weighted by Gasteiger charge is -2.14. The highest BCUT2D eigenvalue weighted by Gasteiger charge is 2.14. The number of nitrogens with zero attached hydrogens (tertiary/aromatic N) is 2. The molecule has 0 unspecified atom stereocenters. The Morgan fingerprint density at radius 2 is 1.97 bits per heavy atom. The zero-order valence-corrected chi connectivity index (χ0v) is 17.6. The third kappa shape index (κ3) is 5.43. The topological polar surface area (TPSA) is 51.1 Å². The highest BCUT2D eigenvalue weighted by atomic mass is 35.5. The third-order valence-corrected chi connectivity index (χ3v) is 4.75. The molecule has 3 rings (SSSR count). The number of alkyl halides is 2. The van der Waals surface area contributed by atoms with E-state index in [0.29, 0.717) is 22.1 Å². The molecule has 2 aromatic carbocycles. The first-order valence-corrected chi connectivity index (χ1v) is 9.62. The molecule has 0 aliphatic heterocycles. The van der Waals surface area contributed by atoms with Crippen molar-refractivity contribution in [3.8, 4) is 5.75 Å². The molecule has 0 saturated heterocycles. The van der Waals surface area contributed by atoms with Crippen molar-refractivity contribution >= 4 is 40.4 Å². The molecule has 1 heterocycles. The van der Waals surface area contributed by atoms with Crippen molar-refractivity contribution in [2.75, 3.05) is 10.6 Å². The van der Waals surface area contributed by atoms with Gasteiger partial charge in [0, 0.05) is 22.3 Å². The molecule has 5 nitrogen and oxygen atoms in total. The van der Waals surface area contributed by atoms with Crippen molar-refractivity contribution in [2.45, 2.75) is 27.0 Å². The number of benzene rings is 2. The monoisotopic (exact) mass is 454 g/mol. The zero-order chi connectivity index (χ0) is 21.8. The van der Waals surface area contributed by atoms with Gasteiger partial charge in [0.15, 0.2) is 10.9 Å². The smallest absolute Gasteiger partial charge is 0.387 e. The molecular formula is C20H18ClF3N4OS. The van der Waals surface area contributed by atoms with E-state index in [1.54, 1.807) is 35.9 Å². The molecule has 30 heavy (non-hydrogen) atoms. The molecule has 0 aliphatic rings. The van der Waals surface area contributed by atoms with E-state index >= 15 is 0 Å². The fraction of sp³-hybridized carbons (Fsp3) is 0.200. The Balaban J connectivity index is 1.73. The Morgan fingerprint density at radius 3 is 2.67 bits per heavy atom. The van der Waals surface area contributed by atoms with Gasteiger partial charge >= 0.3 is 6.61 Å². The number of hydrogen-bond donors (Lipinski definition) is 2. The molecule has 10 heteroatoms. The van der Waals surface area contributed by atoms with Gasteiger partial charge < -0.3 is 15.4 Å². The molecule has 0 amide bonds. The van der Waals surface area contributed by atoms with E-state index in [9.17, 15) is 13.2 Å². The number of rotatable bonds is 6. The molecule has 0 bridgehead atoms. The van der Waals surface area contributed by atoms with Crippen LogP contribution in [-0.4, -0.2) is 21.5 Å². The van der Waals surface area contributed by atoms with Gasteiger partial charge in [0.2, 0.25) is 0 Å². The van der Waals surface area contributed by atoms with Crippen LogP contribution in [0.15, 0.2) is 42.5 Å². The first-order chi connectivity index (χ1) is 14.2. The summed E-state index contributed by atoms with van der Waals surface area (Å²) >= 11 is 11.3. The lowest BCUT2D eigenvalue weighted by Crippen LogP contribution is -2.20. The highest BCUT2D eigenvalue weighted by molar-refractivity contribution is 7.80. The van der Waals surface area contributed by atoms with Crippen LogP contribution in [0, 0.1) is 19.7 Å². The number of aryl methyl sites for hydroxylation is 2. The lowest BCUT2D eigenvalue weighted by atomic mass is 10.2. The number of hydrogen-bond acceptors (Lipinski definition) is 3. The number of thiocarbonyl (C=S) groups is 1. The predicted molar refractivity (Wildman–Crippen MR) is 115 cm³/mol. The first-order valence-electron chi connectivity index (χ1n) is 8.83. The third-order valence-electron chi connectivity index (χ3n) is 4.19. The Labute approximate surface area is 181 Å². The molecular weight excluding hydrogens is 437 g/mol. The lowest BCUT2D eigenvalue weighted by molar-refractivity contribution is -0.0493. The van der Waals surface area contributed by atoms with Crippen LogP contribution < -0.4 is 15.4 Å². The fourth-order valence-corrected chi connectivity index (χ4v) is 3.21. The molecule has 0 aliphatic carbocycles. The molecule has 158 valence electrons. The quantitative estimate of drug-likeness (QED) is 0.464. The van der Waals surface area contributed by atoms with Gasteiger partial charge in [0.1, 0.15) is 11.6 Å². The van der Waals surface area contributed by atoms with Crippen LogP contribution in [0.5, 0.6) is 5.75 Å². The maximum Gasteiger partial charge on any atom is 0.387 e. The van der Waals surface area contributed by atoms with Crippen molar-refractivity contribution in [1.82, 2.24) is 9.78 Å². The van der Waals surface area contributed by atoms with Crippen LogP contribution in [0.3, 0.4) is 0 Å². The second kappa shape index (κ2) is 9.36. The zero-order valence-electron chi connectivity index (χ0n) is 16.0. The standard InChI is InChI=1S/C20H18ClF3N4OS/c1-11-6-7-17(29-19(23)24)16(8-11)25-20(30)26-18-9-12(2)28(27-18)10-13-14(21)4-3-5-15(13)22/h3-9,19H,10H2,1-2H3,(H2,25,26,27,30). The maximum absolute atomic E-state index is 14.1. The summed E-state index contributed by atoms with van der Waals surface area (Å²) in [6.07, 6.45) is 0. The number of aromatic nitrogens is 2. The second-order valence-corrected chi connectivity index (χ2v) is 7.30. The SMILES string of the molecule is Cc1ccc(OC(F)F)c(NC(=S)Nc2cc(C)n(Cc3c(F)cccc3Cl)n2)c1. The van der Waals surface area contributed by atoms with E-state index in [1.807, 2.05) is 6.92 Å². The molecule has 3 aromatic rings. The molecule has 2 N–H and O–H groups in total. The van der Waals surface area contributed by atoms with E-state index in [0.717, 1.165) is 11.3 Å². The Morgan fingerprint density at radius 1 is 1.20 bits per heavy atom. The Bertz CT molecular complexity index is 1050. The summed E-state index contributed by atoms with van der Waals surface area (Å²) in [6, 6.07) is 10.9. The van der Waals surface area contributed by atoms with Crippen LogP contribution in [0.1, 0.15) is 16.8 Å². The normalized spacial score (nSPS) is 10.9. The molecule has 0 spiro atoms. The van der Waals surface area contributed by atoms with Crippen LogP contribution >= 0.6 is 23.8 Å². The summed E-state index contributed by atoms with van der Waals surface area (Å²) in [4.78, 5) is 0. The van der Waals surface area contributed by atoms with Crippen LogP contribution in [-0.2, 0) is 6.54 Å². The van der Waals surface area contributed by atoms with Gasteiger partial charge in [-0.2, -0.15) is 13.9 Å². The number of nitrogens with one attached hydrogen (secondary N) is 2. The van der Waals surface area contributed by atoms with Crippen molar-refractivity contribution < 1.29 is 17.9 Å². The minimum atomic E-state index is -2.96. The van der Waals surface area contributed by atoms with E-state index in [-0.39, 0.29) is 17.4 Å². The summed E-state index contributed by atoms with van der Waals surface area (Å²) in [6.45, 7) is 0.799. The van der Waals surface area contributed by atoms with Crippen molar-refractivity contribution in [2.24, 2.45) is 0 Å². The Kier molecular flexibility index (Phi) is 6.84. The van der Waals surface area contributed by atoms with E-state index < -0.39 is 12.4 Å². The fourth-order valence-electron chi connectivity index (χ4n) is 2.77. The van der Waals surface area contributed by atoms with E-state index in [1.165, 1.54) is 18.2 Å². The highest BCUT2D eigenvalue weighted by Crippen LogP contribution is 2.27. The largest absolute Gasteiger partial charge is 0.433 e. The minimum absolute atomic E-state index is 0.0318. The number of halogens is 4. The van der Waals surface area contributed by atoms with Crippen LogP contribution in [0.25, 0.3) is 0 Å². The van der Waals surface area contributed by atoms with Gasteiger partial charge in [0.05, 0.1) is 12.2 Å². The van der Waals surface area contributed by atoms with E-state index in [2.05, 4.69) is 20.5 Å². The summed E-state index contributed by atoms with van der Waals surface area (Å²) in [5.41, 5.74) is 2.20. The second-order valence-electron chi connectivity index (χ2n) is 6.49. The number of ether oxygens (including phenoxy) is 1. The maximum atomic E-state index is 14.1. The van der Waals surface area contributed by atoms with Crippen molar-refractivity contribution in [3.05, 3.63) is 70.1 Å². The van der Waals surface area contributed by atoms with Gasteiger partial charge in [-0.05, 0) is 55.9 Å². The molecule has 0 radical (unpaired) electrons. The summed E-state index contributed by atoms with van der Waals surface area (Å²) in [7, 11) is 0. The molecule has 1 aromatic heterocycles. The molecule has 0 saturated carbocycles. The van der Waals surface area contributed by atoms with Gasteiger partial charge in [-0.3, -0.25) is 4.68 Å². The minimum Gasteiger partial charge on any atom is -0.433 e. The first kappa shape index (κ1) is 21.9. The van der Waals surface area contributed by atoms with Gasteiger partial charge in [-0.1, -0.05) is 23.7 Å². The Hall–Kier alpha value is -2.78.